The molecule has 2 fully saturated rings. The molecule has 3 aromatic carbocycles. The van der Waals surface area contributed by atoms with Gasteiger partial charge in [0, 0.05) is 43.8 Å². The number of rotatable bonds is 12. The van der Waals surface area contributed by atoms with E-state index in [0.29, 0.717) is 33.9 Å². The van der Waals surface area contributed by atoms with Gasteiger partial charge >= 0.3 is 23.9 Å². The molecule has 0 aromatic heterocycles. The van der Waals surface area contributed by atoms with E-state index in [9.17, 15) is 24.0 Å². The van der Waals surface area contributed by atoms with Crippen LogP contribution in [0.15, 0.2) is 72.8 Å². The van der Waals surface area contributed by atoms with E-state index in [4.69, 9.17) is 44.8 Å². The summed E-state index contributed by atoms with van der Waals surface area (Å²) in [7, 11) is 0. The summed E-state index contributed by atoms with van der Waals surface area (Å²) in [4.78, 5) is 61.4. The van der Waals surface area contributed by atoms with Gasteiger partial charge in [-0.3, -0.25) is 24.0 Å². The smallest absolute Gasteiger partial charge is 0.303 e. The summed E-state index contributed by atoms with van der Waals surface area (Å²) in [5.41, 5.74) is 0.746. The van der Waals surface area contributed by atoms with Crippen molar-refractivity contribution in [1.29, 1.82) is 0 Å². The molecule has 0 N–H and O–H groups in total. The van der Waals surface area contributed by atoms with Crippen molar-refractivity contribution in [2.75, 3.05) is 19.8 Å². The minimum Gasteiger partial charge on any atom is -0.485 e. The predicted octanol–water partition coefficient (Wildman–Crippen LogP) is 4.50. The third kappa shape index (κ3) is 7.93. The minimum absolute atomic E-state index is 0.117. The van der Waals surface area contributed by atoms with Gasteiger partial charge in [-0.05, 0) is 41.8 Å². The number of hydrogen-bond acceptors (Lipinski definition) is 12. The van der Waals surface area contributed by atoms with Crippen molar-refractivity contribution in [3.05, 3.63) is 100 Å². The van der Waals surface area contributed by atoms with Gasteiger partial charge in [0.15, 0.2) is 30.2 Å². The van der Waals surface area contributed by atoms with Crippen LogP contribution in [0.2, 0.25) is 5.02 Å². The third-order valence-electron chi connectivity index (χ3n) is 8.02. The van der Waals surface area contributed by atoms with Crippen molar-refractivity contribution >= 4 is 41.3 Å². The third-order valence-corrected chi connectivity index (χ3v) is 8.38. The van der Waals surface area contributed by atoms with Crippen molar-refractivity contribution in [2.24, 2.45) is 0 Å². The fraction of sp³-hybridized carbons (Fsp3) is 0.361. The normalized spacial score (nSPS) is 24.0. The monoisotopic (exact) mass is 694 g/mol. The second-order valence-electron chi connectivity index (χ2n) is 11.7. The van der Waals surface area contributed by atoms with Gasteiger partial charge in [0.1, 0.15) is 12.4 Å². The van der Waals surface area contributed by atoms with E-state index in [-0.39, 0.29) is 19.0 Å². The summed E-state index contributed by atoms with van der Waals surface area (Å²) in [6, 6.07) is 21.0. The molecule has 12 nitrogen and oxygen atoms in total. The molecular formula is C36H35ClO12. The van der Waals surface area contributed by atoms with E-state index < -0.39 is 60.2 Å². The van der Waals surface area contributed by atoms with Crippen molar-refractivity contribution < 1.29 is 57.1 Å². The van der Waals surface area contributed by atoms with Crippen LogP contribution < -0.4 is 4.74 Å². The van der Waals surface area contributed by atoms with E-state index in [1.165, 1.54) is 6.92 Å². The first-order chi connectivity index (χ1) is 23.3. The summed E-state index contributed by atoms with van der Waals surface area (Å²) in [6.45, 7) is 3.82. The minimum atomic E-state index is -1.90. The molecule has 2 aliphatic heterocycles. The standard InChI is InChI=1S/C36H35ClO12/c1-21(38)44-19-35-20-45-36(49-35,34(48-24(4)41)32(46-22(2)39)33(35)47-23(3)40)28-12-15-30(37)27(17-28)16-25-10-13-29(14-11-25)43-18-31(42)26-8-6-5-7-9-26/h5-15,17,32-34H,16,18-20H2,1-4H3/t32-,33-,34+,35-,36-/m0/s1. The highest BCUT2D eigenvalue weighted by Crippen LogP contribution is 2.53. The van der Waals surface area contributed by atoms with Crippen LogP contribution in [0, 0.1) is 0 Å². The lowest BCUT2D eigenvalue weighted by molar-refractivity contribution is -0.334. The number of halogens is 1. The first-order valence-electron chi connectivity index (χ1n) is 15.4. The summed E-state index contributed by atoms with van der Waals surface area (Å²) in [5.74, 6) is -4.44. The maximum Gasteiger partial charge on any atom is 0.303 e. The van der Waals surface area contributed by atoms with Crippen LogP contribution >= 0.6 is 11.6 Å². The van der Waals surface area contributed by atoms with E-state index in [0.717, 1.165) is 26.3 Å². The first-order valence-corrected chi connectivity index (χ1v) is 15.8. The Morgan fingerprint density at radius 2 is 1.45 bits per heavy atom. The van der Waals surface area contributed by atoms with Crippen LogP contribution in [0.25, 0.3) is 0 Å². The molecule has 0 unspecified atom stereocenters. The highest BCUT2D eigenvalue weighted by Gasteiger charge is 2.72. The van der Waals surface area contributed by atoms with Crippen LogP contribution in [0.5, 0.6) is 5.75 Å². The van der Waals surface area contributed by atoms with Gasteiger partial charge in [0.05, 0.1) is 6.61 Å². The maximum atomic E-state index is 12.5. The number of ether oxygens (including phenoxy) is 7. The summed E-state index contributed by atoms with van der Waals surface area (Å²) in [5, 5.41) is 0.410. The number of fused-ring (bicyclic) bond motifs is 2. The van der Waals surface area contributed by atoms with Gasteiger partial charge in [0.25, 0.3) is 0 Å². The molecule has 0 radical (unpaired) electrons. The first kappa shape index (κ1) is 35.5. The quantitative estimate of drug-likeness (QED) is 0.149. The van der Waals surface area contributed by atoms with Crippen LogP contribution in [-0.4, -0.2) is 73.4 Å². The number of esters is 4. The highest BCUT2D eigenvalue weighted by molar-refractivity contribution is 6.31. The van der Waals surface area contributed by atoms with Crippen LogP contribution in [0.4, 0.5) is 0 Å². The molecule has 2 heterocycles. The van der Waals surface area contributed by atoms with Gasteiger partial charge in [-0.25, -0.2) is 0 Å². The molecule has 0 spiro atoms. The molecule has 2 saturated heterocycles. The molecule has 49 heavy (non-hydrogen) atoms. The molecule has 258 valence electrons. The fourth-order valence-corrected chi connectivity index (χ4v) is 6.11. The molecule has 2 bridgehead atoms. The van der Waals surface area contributed by atoms with Gasteiger partial charge in [-0.1, -0.05) is 60.1 Å². The summed E-state index contributed by atoms with van der Waals surface area (Å²) in [6.07, 6.45) is -3.93. The molecule has 0 saturated carbocycles. The Morgan fingerprint density at radius 3 is 2.08 bits per heavy atom. The molecule has 0 amide bonds. The lowest BCUT2D eigenvalue weighted by atomic mass is 9.83. The Bertz CT molecular complexity index is 1730. The molecule has 5 rings (SSSR count). The molecule has 2 aliphatic rings. The van der Waals surface area contributed by atoms with Crippen LogP contribution in [-0.2, 0) is 59.8 Å². The highest BCUT2D eigenvalue weighted by atomic mass is 35.5. The topological polar surface area (TPSA) is 150 Å². The average molecular weight is 695 g/mol. The van der Waals surface area contributed by atoms with Crippen LogP contribution in [0.1, 0.15) is 54.7 Å². The summed E-state index contributed by atoms with van der Waals surface area (Å²) >= 11 is 6.66. The SMILES string of the molecule is CC(=O)OC[C@@]12CO[C@@](c3ccc(Cl)c(Cc4ccc(OCC(=O)c5ccccc5)cc4)c3)(O1)[C@H](OC(C)=O)[C@@H](OC(C)=O)[C@@H]2OC(C)=O. The number of ketones is 1. The fourth-order valence-electron chi connectivity index (χ4n) is 5.93. The Kier molecular flexibility index (Phi) is 10.7. The second kappa shape index (κ2) is 14.8. The zero-order valence-electron chi connectivity index (χ0n) is 27.3. The largest absolute Gasteiger partial charge is 0.485 e. The lowest BCUT2D eigenvalue weighted by Gasteiger charge is -2.49. The number of hydrogen-bond donors (Lipinski definition) is 0. The predicted molar refractivity (Wildman–Crippen MR) is 172 cm³/mol. The van der Waals surface area contributed by atoms with E-state index in [1.54, 1.807) is 54.6 Å². The van der Waals surface area contributed by atoms with E-state index in [2.05, 4.69) is 0 Å². The van der Waals surface area contributed by atoms with Crippen molar-refractivity contribution in [2.45, 2.75) is 63.8 Å². The lowest BCUT2D eigenvalue weighted by Crippen LogP contribution is -2.68. The molecule has 5 atom stereocenters. The van der Waals surface area contributed by atoms with Crippen molar-refractivity contribution in [3.8, 4) is 5.75 Å². The van der Waals surface area contributed by atoms with Gasteiger partial charge in [-0.2, -0.15) is 0 Å². The van der Waals surface area contributed by atoms with Gasteiger partial charge in [0.2, 0.25) is 11.9 Å². The number of carbonyl (C=O) groups excluding carboxylic acids is 5. The Labute approximate surface area is 287 Å². The number of Topliss-reactive ketones (excluding diaryl/α,β-unsaturated/α-hetero) is 1. The van der Waals surface area contributed by atoms with Crippen molar-refractivity contribution in [1.82, 2.24) is 0 Å². The Balaban J connectivity index is 1.46. The van der Waals surface area contributed by atoms with E-state index in [1.807, 2.05) is 18.2 Å². The zero-order chi connectivity index (χ0) is 35.3. The molecule has 0 aliphatic carbocycles. The Hall–Kier alpha value is -4.78. The van der Waals surface area contributed by atoms with Gasteiger partial charge in [-0.15, -0.1) is 0 Å². The van der Waals surface area contributed by atoms with Crippen LogP contribution in [0.3, 0.4) is 0 Å². The Morgan fingerprint density at radius 1 is 0.796 bits per heavy atom. The molecular weight excluding hydrogens is 660 g/mol. The molecule has 13 heteroatoms. The molecule has 3 aromatic rings. The summed E-state index contributed by atoms with van der Waals surface area (Å²) < 4.78 is 40.8. The average Bonchev–Trinajstić information content (AvgIpc) is 3.42. The second-order valence-corrected chi connectivity index (χ2v) is 12.1. The van der Waals surface area contributed by atoms with E-state index >= 15 is 0 Å². The zero-order valence-corrected chi connectivity index (χ0v) is 28.0. The maximum absolute atomic E-state index is 12.5. The number of benzene rings is 3. The van der Waals surface area contributed by atoms with Crippen molar-refractivity contribution in [3.63, 3.8) is 0 Å². The number of carbonyl (C=O) groups is 5. The van der Waals surface area contributed by atoms with Gasteiger partial charge < -0.3 is 33.2 Å².